The zero-order valence-electron chi connectivity index (χ0n) is 22.9. The van der Waals surface area contributed by atoms with Gasteiger partial charge < -0.3 is 38.1 Å². The van der Waals surface area contributed by atoms with Crippen LogP contribution in [0.25, 0.3) is 11.0 Å². The molecule has 5 rings (SSSR count). The number of fused-ring (bicyclic) bond motifs is 1. The number of Topliss-reactive ketones (excluding diaryl/α,β-unsaturated/α-hetero) is 1. The fourth-order valence-electron chi connectivity index (χ4n) is 5.24. The van der Waals surface area contributed by atoms with Crippen LogP contribution in [-0.2, 0) is 9.53 Å². The van der Waals surface area contributed by atoms with Gasteiger partial charge in [0.2, 0.25) is 11.5 Å². The SMILES string of the molecule is COc1cc([C@@H]2C(C(=O)c3cc4cccc(OC)c4o3)=C(O)C(=O)N2CCN2CCOCC2)cc(OC)c1OC. The molecule has 212 valence electrons. The van der Waals surface area contributed by atoms with Crippen molar-refractivity contribution in [1.29, 1.82) is 0 Å². The Balaban J connectivity index is 1.59. The Morgan fingerprint density at radius 3 is 2.25 bits per heavy atom. The van der Waals surface area contributed by atoms with Gasteiger partial charge in [0.15, 0.2) is 34.4 Å². The first-order chi connectivity index (χ1) is 19.4. The molecule has 0 aliphatic carbocycles. The largest absolute Gasteiger partial charge is 0.503 e. The molecule has 1 saturated heterocycles. The second kappa shape index (κ2) is 11.5. The van der Waals surface area contributed by atoms with Crippen LogP contribution in [0.2, 0.25) is 0 Å². The fraction of sp³-hybridized carbons (Fsp3) is 0.379. The van der Waals surface area contributed by atoms with E-state index in [1.165, 1.54) is 33.3 Å². The number of hydrogen-bond acceptors (Lipinski definition) is 10. The summed E-state index contributed by atoms with van der Waals surface area (Å²) in [6.07, 6.45) is 0. The van der Waals surface area contributed by atoms with Gasteiger partial charge in [0.25, 0.3) is 5.91 Å². The number of ether oxygens (including phenoxy) is 5. The van der Waals surface area contributed by atoms with E-state index < -0.39 is 23.5 Å². The number of aliphatic hydroxyl groups is 1. The molecule has 0 unspecified atom stereocenters. The van der Waals surface area contributed by atoms with Crippen molar-refractivity contribution in [2.45, 2.75) is 6.04 Å². The van der Waals surface area contributed by atoms with E-state index in [2.05, 4.69) is 4.90 Å². The fourth-order valence-corrected chi connectivity index (χ4v) is 5.24. The van der Waals surface area contributed by atoms with Crippen molar-refractivity contribution in [2.75, 3.05) is 67.8 Å². The molecule has 3 heterocycles. The Labute approximate surface area is 231 Å². The maximum atomic E-state index is 14.0. The van der Waals surface area contributed by atoms with Gasteiger partial charge in [0.05, 0.1) is 53.3 Å². The van der Waals surface area contributed by atoms with Crippen molar-refractivity contribution >= 4 is 22.7 Å². The van der Waals surface area contributed by atoms with Crippen LogP contribution in [0.4, 0.5) is 0 Å². The van der Waals surface area contributed by atoms with Crippen LogP contribution in [0.3, 0.4) is 0 Å². The van der Waals surface area contributed by atoms with Crippen LogP contribution >= 0.6 is 0 Å². The number of methoxy groups -OCH3 is 4. The summed E-state index contributed by atoms with van der Waals surface area (Å²) >= 11 is 0. The highest BCUT2D eigenvalue weighted by Crippen LogP contribution is 2.46. The lowest BCUT2D eigenvalue weighted by Crippen LogP contribution is -2.43. The van der Waals surface area contributed by atoms with Crippen LogP contribution in [0.1, 0.15) is 22.2 Å². The lowest BCUT2D eigenvalue weighted by atomic mass is 9.94. The molecular weight excluding hydrogens is 520 g/mol. The van der Waals surface area contributed by atoms with Crippen LogP contribution in [-0.4, -0.2) is 94.4 Å². The van der Waals surface area contributed by atoms with Gasteiger partial charge in [-0.15, -0.1) is 0 Å². The highest BCUT2D eigenvalue weighted by atomic mass is 16.5. The van der Waals surface area contributed by atoms with Crippen LogP contribution in [0, 0.1) is 0 Å². The number of carbonyl (C=O) groups excluding carboxylic acids is 2. The topological polar surface area (TPSA) is 120 Å². The van der Waals surface area contributed by atoms with E-state index in [1.54, 1.807) is 36.4 Å². The molecule has 2 aliphatic heterocycles. The van der Waals surface area contributed by atoms with E-state index in [1.807, 2.05) is 0 Å². The minimum Gasteiger partial charge on any atom is -0.503 e. The van der Waals surface area contributed by atoms with Gasteiger partial charge in [0, 0.05) is 31.6 Å². The van der Waals surface area contributed by atoms with Gasteiger partial charge >= 0.3 is 0 Å². The highest BCUT2D eigenvalue weighted by Gasteiger charge is 2.45. The zero-order valence-corrected chi connectivity index (χ0v) is 22.9. The third kappa shape index (κ3) is 4.82. The smallest absolute Gasteiger partial charge is 0.290 e. The summed E-state index contributed by atoms with van der Waals surface area (Å²) in [5.41, 5.74) is 0.802. The Bertz CT molecular complexity index is 1430. The predicted molar refractivity (Wildman–Crippen MR) is 145 cm³/mol. The lowest BCUT2D eigenvalue weighted by Gasteiger charge is -2.32. The molecular formula is C29H32N2O9. The van der Waals surface area contributed by atoms with E-state index in [0.717, 1.165) is 13.1 Å². The van der Waals surface area contributed by atoms with Crippen LogP contribution in [0.5, 0.6) is 23.0 Å². The standard InChI is InChI=1S/C29H32N2O9/c1-35-19-7-5-6-17-14-20(40-27(17)19)25(32)23-24(18-15-21(36-2)28(38-4)22(16-18)37-3)31(29(34)26(23)33)9-8-30-10-12-39-13-11-30/h5-7,14-16,24,33H,8-13H2,1-4H3/t24-/m1/s1. The normalized spacial score (nSPS) is 17.9. The molecule has 3 aromatic rings. The Hall–Kier alpha value is -4.22. The number of carbonyl (C=O) groups is 2. The minimum absolute atomic E-state index is 0.0266. The lowest BCUT2D eigenvalue weighted by molar-refractivity contribution is -0.129. The highest BCUT2D eigenvalue weighted by molar-refractivity contribution is 6.16. The number of aliphatic hydroxyl groups excluding tert-OH is 1. The first-order valence-corrected chi connectivity index (χ1v) is 12.9. The van der Waals surface area contributed by atoms with Crippen molar-refractivity contribution < 1.29 is 42.8 Å². The molecule has 0 radical (unpaired) electrons. The average molecular weight is 553 g/mol. The molecule has 1 N–H and O–H groups in total. The van der Waals surface area contributed by atoms with Gasteiger partial charge in [-0.3, -0.25) is 14.5 Å². The average Bonchev–Trinajstić information content (AvgIpc) is 3.54. The molecule has 1 atom stereocenters. The zero-order chi connectivity index (χ0) is 28.4. The predicted octanol–water partition coefficient (Wildman–Crippen LogP) is 3.38. The molecule has 40 heavy (non-hydrogen) atoms. The quantitative estimate of drug-likeness (QED) is 0.375. The molecule has 2 aromatic carbocycles. The van der Waals surface area contributed by atoms with Crippen molar-refractivity contribution in [3.63, 3.8) is 0 Å². The summed E-state index contributed by atoms with van der Waals surface area (Å²) in [5.74, 6) is -0.387. The number of hydrogen-bond donors (Lipinski definition) is 1. The summed E-state index contributed by atoms with van der Waals surface area (Å²) in [4.78, 5) is 31.2. The molecule has 1 amide bonds. The first-order valence-electron chi connectivity index (χ1n) is 12.9. The van der Waals surface area contributed by atoms with Crippen molar-refractivity contribution in [2.24, 2.45) is 0 Å². The maximum Gasteiger partial charge on any atom is 0.290 e. The van der Waals surface area contributed by atoms with Gasteiger partial charge in [-0.05, 0) is 29.8 Å². The number of para-hydroxylation sites is 1. The molecule has 2 aliphatic rings. The molecule has 11 heteroatoms. The summed E-state index contributed by atoms with van der Waals surface area (Å²) < 4.78 is 33.3. The molecule has 0 saturated carbocycles. The Morgan fingerprint density at radius 2 is 1.62 bits per heavy atom. The number of amides is 1. The van der Waals surface area contributed by atoms with E-state index in [9.17, 15) is 14.7 Å². The van der Waals surface area contributed by atoms with Crippen molar-refractivity contribution in [1.82, 2.24) is 9.80 Å². The monoisotopic (exact) mass is 552 g/mol. The van der Waals surface area contributed by atoms with E-state index in [0.29, 0.717) is 59.3 Å². The van der Waals surface area contributed by atoms with E-state index in [4.69, 9.17) is 28.1 Å². The minimum atomic E-state index is -0.940. The Morgan fingerprint density at radius 1 is 0.950 bits per heavy atom. The summed E-state index contributed by atoms with van der Waals surface area (Å²) in [5, 5.41) is 11.8. The number of morpholine rings is 1. The summed E-state index contributed by atoms with van der Waals surface area (Å²) in [6.45, 7) is 3.45. The third-order valence-corrected chi connectivity index (χ3v) is 7.26. The van der Waals surface area contributed by atoms with Gasteiger partial charge in [0.1, 0.15) is 0 Å². The van der Waals surface area contributed by atoms with E-state index in [-0.39, 0.29) is 17.9 Å². The van der Waals surface area contributed by atoms with Gasteiger partial charge in [-0.1, -0.05) is 12.1 Å². The summed E-state index contributed by atoms with van der Waals surface area (Å²) in [7, 11) is 5.97. The first kappa shape index (κ1) is 27.4. The van der Waals surface area contributed by atoms with E-state index >= 15 is 0 Å². The maximum absolute atomic E-state index is 14.0. The molecule has 1 aromatic heterocycles. The Kier molecular flexibility index (Phi) is 7.85. The van der Waals surface area contributed by atoms with Crippen LogP contribution in [0.15, 0.2) is 52.1 Å². The second-order valence-electron chi connectivity index (χ2n) is 9.39. The molecule has 1 fully saturated rings. The number of rotatable bonds is 10. The second-order valence-corrected chi connectivity index (χ2v) is 9.39. The van der Waals surface area contributed by atoms with Crippen molar-refractivity contribution in [3.05, 3.63) is 59.1 Å². The van der Waals surface area contributed by atoms with Gasteiger partial charge in [-0.25, -0.2) is 0 Å². The molecule has 0 bridgehead atoms. The summed E-state index contributed by atoms with van der Waals surface area (Å²) in [6, 6.07) is 9.29. The molecule has 11 nitrogen and oxygen atoms in total. The van der Waals surface area contributed by atoms with Crippen molar-refractivity contribution in [3.8, 4) is 23.0 Å². The number of nitrogens with zero attached hydrogens (tertiary/aromatic N) is 2. The third-order valence-electron chi connectivity index (χ3n) is 7.26. The molecule has 0 spiro atoms. The number of benzene rings is 2. The van der Waals surface area contributed by atoms with Crippen LogP contribution < -0.4 is 18.9 Å². The number of ketones is 1. The number of furan rings is 1. The van der Waals surface area contributed by atoms with Gasteiger partial charge in [-0.2, -0.15) is 0 Å².